The number of unbranched alkanes of at least 4 members (excludes halogenated alkanes) is 1. The highest BCUT2D eigenvalue weighted by molar-refractivity contribution is 7.98. The Labute approximate surface area is 151 Å². The maximum Gasteiger partial charge on any atom is 0.191 e. The lowest BCUT2D eigenvalue weighted by molar-refractivity contribution is 0.391. The molecule has 0 amide bonds. The Balaban J connectivity index is 1.83. The van der Waals surface area contributed by atoms with Gasteiger partial charge in [-0.15, -0.1) is 10.2 Å². The molecule has 0 unspecified atom stereocenters. The van der Waals surface area contributed by atoms with Crippen molar-refractivity contribution in [3.63, 3.8) is 0 Å². The second-order valence-corrected chi connectivity index (χ2v) is 6.71. The number of hydrogen-bond donors (Lipinski definition) is 0. The molecule has 0 saturated carbocycles. The van der Waals surface area contributed by atoms with Crippen molar-refractivity contribution in [1.82, 2.24) is 19.9 Å². The van der Waals surface area contributed by atoms with Crippen molar-refractivity contribution in [2.45, 2.75) is 44.1 Å². The molecule has 0 aliphatic rings. The highest BCUT2D eigenvalue weighted by Gasteiger charge is 2.15. The first-order chi connectivity index (χ1) is 12.2. The predicted molar refractivity (Wildman–Crippen MR) is 97.7 cm³/mol. The van der Waals surface area contributed by atoms with Gasteiger partial charge in [-0.1, -0.05) is 30.3 Å². The lowest BCUT2D eigenvalue weighted by atomic mass is 10.2. The van der Waals surface area contributed by atoms with Gasteiger partial charge >= 0.3 is 0 Å². The summed E-state index contributed by atoms with van der Waals surface area (Å²) in [5.74, 6) is 3.25. The van der Waals surface area contributed by atoms with Crippen LogP contribution in [0, 0.1) is 6.92 Å². The Kier molecular flexibility index (Phi) is 5.75. The second-order valence-electron chi connectivity index (χ2n) is 5.76. The van der Waals surface area contributed by atoms with Gasteiger partial charge in [-0.2, -0.15) is 0 Å². The van der Waals surface area contributed by atoms with Crippen LogP contribution in [0.5, 0.6) is 5.75 Å². The van der Waals surface area contributed by atoms with Crippen LogP contribution >= 0.6 is 11.8 Å². The number of ether oxygens (including phenoxy) is 1. The Morgan fingerprint density at radius 2 is 2.00 bits per heavy atom. The average Bonchev–Trinajstić information content (AvgIpc) is 3.24. The van der Waals surface area contributed by atoms with Crippen molar-refractivity contribution >= 4 is 11.8 Å². The Morgan fingerprint density at radius 1 is 1.20 bits per heavy atom. The van der Waals surface area contributed by atoms with Gasteiger partial charge in [0, 0.05) is 18.2 Å². The summed E-state index contributed by atoms with van der Waals surface area (Å²) >= 11 is 1.62. The molecule has 0 atom stereocenters. The second kappa shape index (κ2) is 8.20. The minimum absolute atomic E-state index is 0.688. The molecule has 6 nitrogen and oxygen atoms in total. The normalized spacial score (nSPS) is 11.0. The van der Waals surface area contributed by atoms with Crippen molar-refractivity contribution in [1.29, 1.82) is 0 Å². The fraction of sp³-hybridized carbons (Fsp3) is 0.389. The molecule has 2 heterocycles. The number of thioether (sulfide) groups is 1. The van der Waals surface area contributed by atoms with Gasteiger partial charge in [0.05, 0.1) is 18.6 Å². The molecule has 0 spiro atoms. The van der Waals surface area contributed by atoms with Gasteiger partial charge in [-0.05, 0) is 37.6 Å². The molecule has 132 valence electrons. The van der Waals surface area contributed by atoms with E-state index < -0.39 is 0 Å². The molecule has 0 radical (unpaired) electrons. The van der Waals surface area contributed by atoms with Crippen molar-refractivity contribution in [3.8, 4) is 17.1 Å². The first-order valence-electron chi connectivity index (χ1n) is 8.34. The summed E-state index contributed by atoms with van der Waals surface area (Å²) in [5.41, 5.74) is 1.92. The van der Waals surface area contributed by atoms with Gasteiger partial charge in [0.25, 0.3) is 0 Å². The van der Waals surface area contributed by atoms with E-state index >= 15 is 0 Å². The highest BCUT2D eigenvalue weighted by Crippen LogP contribution is 2.28. The van der Waals surface area contributed by atoms with Crippen LogP contribution in [-0.4, -0.2) is 27.0 Å². The van der Waals surface area contributed by atoms with Crippen LogP contribution in [0.3, 0.4) is 0 Å². The Morgan fingerprint density at radius 3 is 2.64 bits per heavy atom. The molecule has 7 heteroatoms. The SMILES string of the molecule is CCCCn1c(SCc2cc(C)no2)nnc1-c1ccc(OC)cc1. The molecule has 2 aromatic heterocycles. The van der Waals surface area contributed by atoms with E-state index in [0.717, 1.165) is 53.1 Å². The van der Waals surface area contributed by atoms with E-state index in [2.05, 4.69) is 26.8 Å². The number of aryl methyl sites for hydroxylation is 1. The third-order valence-corrected chi connectivity index (χ3v) is 4.81. The van der Waals surface area contributed by atoms with Gasteiger partial charge in [0.1, 0.15) is 11.5 Å². The maximum atomic E-state index is 5.28. The molecule has 3 rings (SSSR count). The number of hydrogen-bond acceptors (Lipinski definition) is 6. The minimum atomic E-state index is 0.688. The lowest BCUT2D eigenvalue weighted by Gasteiger charge is -2.09. The molecular weight excluding hydrogens is 336 g/mol. The largest absolute Gasteiger partial charge is 0.497 e. The average molecular weight is 358 g/mol. The van der Waals surface area contributed by atoms with Crippen LogP contribution in [0.2, 0.25) is 0 Å². The van der Waals surface area contributed by atoms with E-state index in [4.69, 9.17) is 9.26 Å². The van der Waals surface area contributed by atoms with Crippen molar-refractivity contribution < 1.29 is 9.26 Å². The molecule has 0 fully saturated rings. The highest BCUT2D eigenvalue weighted by atomic mass is 32.2. The lowest BCUT2D eigenvalue weighted by Crippen LogP contribution is -2.02. The molecule has 25 heavy (non-hydrogen) atoms. The number of methoxy groups -OCH3 is 1. The van der Waals surface area contributed by atoms with Crippen molar-refractivity contribution in [3.05, 3.63) is 41.8 Å². The van der Waals surface area contributed by atoms with Gasteiger partial charge in [0.2, 0.25) is 0 Å². The van der Waals surface area contributed by atoms with Crippen LogP contribution in [-0.2, 0) is 12.3 Å². The molecule has 0 bridgehead atoms. The smallest absolute Gasteiger partial charge is 0.191 e. The van der Waals surface area contributed by atoms with Crippen LogP contribution in [0.25, 0.3) is 11.4 Å². The fourth-order valence-electron chi connectivity index (χ4n) is 2.49. The molecular formula is C18H22N4O2S. The topological polar surface area (TPSA) is 66.0 Å². The molecule has 1 aromatic carbocycles. The molecule has 0 aliphatic carbocycles. The summed E-state index contributed by atoms with van der Waals surface area (Å²) < 4.78 is 12.7. The molecule has 3 aromatic rings. The summed E-state index contributed by atoms with van der Waals surface area (Å²) in [6, 6.07) is 9.86. The monoisotopic (exact) mass is 358 g/mol. The molecule has 0 aliphatic heterocycles. The third-order valence-electron chi connectivity index (χ3n) is 3.82. The van der Waals surface area contributed by atoms with Crippen molar-refractivity contribution in [2.75, 3.05) is 7.11 Å². The summed E-state index contributed by atoms with van der Waals surface area (Å²) in [5, 5.41) is 13.6. The van der Waals surface area contributed by atoms with E-state index in [1.165, 1.54) is 0 Å². The van der Waals surface area contributed by atoms with Gasteiger partial charge in [-0.25, -0.2) is 0 Å². The predicted octanol–water partition coefficient (Wildman–Crippen LogP) is 4.34. The van der Waals surface area contributed by atoms with E-state index in [9.17, 15) is 0 Å². The first kappa shape index (κ1) is 17.5. The fourth-order valence-corrected chi connectivity index (χ4v) is 3.33. The van der Waals surface area contributed by atoms with Crippen molar-refractivity contribution in [2.24, 2.45) is 0 Å². The Bertz CT molecular complexity index is 811. The summed E-state index contributed by atoms with van der Waals surface area (Å²) in [4.78, 5) is 0. The van der Waals surface area contributed by atoms with E-state index in [1.807, 2.05) is 37.3 Å². The number of nitrogens with zero attached hydrogens (tertiary/aromatic N) is 4. The zero-order valence-electron chi connectivity index (χ0n) is 14.7. The summed E-state index contributed by atoms with van der Waals surface area (Å²) in [7, 11) is 1.67. The first-order valence-corrected chi connectivity index (χ1v) is 9.32. The van der Waals surface area contributed by atoms with Gasteiger partial charge in [-0.3, -0.25) is 0 Å². The number of benzene rings is 1. The van der Waals surface area contributed by atoms with Gasteiger partial charge < -0.3 is 13.8 Å². The van der Waals surface area contributed by atoms with Crippen LogP contribution in [0.1, 0.15) is 31.2 Å². The van der Waals surface area contributed by atoms with Gasteiger partial charge in [0.15, 0.2) is 11.0 Å². The quantitative estimate of drug-likeness (QED) is 0.558. The van der Waals surface area contributed by atoms with Crippen LogP contribution in [0.15, 0.2) is 40.0 Å². The standard InChI is InChI=1S/C18H22N4O2S/c1-4-5-10-22-17(14-6-8-15(23-3)9-7-14)19-20-18(22)25-12-16-11-13(2)21-24-16/h6-9,11H,4-5,10,12H2,1-3H3. The number of aromatic nitrogens is 4. The Hall–Kier alpha value is -2.28. The molecule has 0 N–H and O–H groups in total. The summed E-state index contributed by atoms with van der Waals surface area (Å²) in [6.45, 7) is 4.99. The van der Waals surface area contributed by atoms with E-state index in [-0.39, 0.29) is 0 Å². The third kappa shape index (κ3) is 4.22. The molecule has 0 saturated heterocycles. The van der Waals surface area contributed by atoms with E-state index in [1.54, 1.807) is 18.9 Å². The van der Waals surface area contributed by atoms with E-state index in [0.29, 0.717) is 5.75 Å². The zero-order chi connectivity index (χ0) is 17.6. The van der Waals surface area contributed by atoms with Crippen LogP contribution < -0.4 is 4.74 Å². The summed E-state index contributed by atoms with van der Waals surface area (Å²) in [6.07, 6.45) is 2.20. The minimum Gasteiger partial charge on any atom is -0.497 e. The van der Waals surface area contributed by atoms with Crippen LogP contribution in [0.4, 0.5) is 0 Å². The zero-order valence-corrected chi connectivity index (χ0v) is 15.5. The number of rotatable bonds is 8. The maximum absolute atomic E-state index is 5.28.